The van der Waals surface area contributed by atoms with Gasteiger partial charge in [0.1, 0.15) is 0 Å². The number of hydrogen-bond donors (Lipinski definition) is 2. The molecule has 7 nitrogen and oxygen atoms in total. The molecule has 158 valence electrons. The summed E-state index contributed by atoms with van der Waals surface area (Å²) in [5, 5.41) is 10.9. The van der Waals surface area contributed by atoms with Crippen LogP contribution in [0.25, 0.3) is 0 Å². The third-order valence-electron chi connectivity index (χ3n) is 5.83. The molecule has 3 rings (SSSR count). The minimum Gasteiger partial charge on any atom is -0.465 e. The average molecular weight is 422 g/mol. The predicted octanol–water partition coefficient (Wildman–Crippen LogP) is 3.50. The van der Waals surface area contributed by atoms with Gasteiger partial charge in [0, 0.05) is 17.7 Å². The lowest BCUT2D eigenvalue weighted by atomic mass is 9.77. The van der Waals surface area contributed by atoms with Crippen LogP contribution in [-0.4, -0.2) is 49.8 Å². The molecule has 1 atom stereocenters. The summed E-state index contributed by atoms with van der Waals surface area (Å²) in [6.45, 7) is 5.48. The van der Waals surface area contributed by atoms with E-state index in [0.29, 0.717) is 29.6 Å². The number of carbonyl (C=O) groups excluding carboxylic acids is 1. The van der Waals surface area contributed by atoms with Crippen LogP contribution in [0.2, 0.25) is 0 Å². The monoisotopic (exact) mass is 421 g/mol. The van der Waals surface area contributed by atoms with Crippen molar-refractivity contribution in [3.05, 3.63) is 20.9 Å². The van der Waals surface area contributed by atoms with E-state index in [0.717, 1.165) is 36.1 Å². The van der Waals surface area contributed by atoms with Crippen molar-refractivity contribution in [3.63, 3.8) is 0 Å². The maximum absolute atomic E-state index is 12.4. The quantitative estimate of drug-likeness (QED) is 0.571. The molecular weight excluding hydrogens is 394 g/mol. The Morgan fingerprint density at radius 2 is 2.00 bits per heavy atom. The number of carboxylic acid groups (broad SMARTS) is 1. The molecule has 1 amide bonds. The molecule has 0 aromatic carbocycles. The number of thiophene rings is 1. The fourth-order valence-corrected chi connectivity index (χ4v) is 5.54. The highest BCUT2D eigenvalue weighted by Gasteiger charge is 2.42. The van der Waals surface area contributed by atoms with Crippen molar-refractivity contribution in [1.29, 1.82) is 0 Å². The van der Waals surface area contributed by atoms with E-state index in [9.17, 15) is 9.59 Å². The lowest BCUT2D eigenvalue weighted by molar-refractivity contribution is -0.183. The summed E-state index contributed by atoms with van der Waals surface area (Å²) in [5.41, 5.74) is 1.38. The summed E-state index contributed by atoms with van der Waals surface area (Å²) >= 11 is 1.50. The number of rotatable bonds is 4. The highest BCUT2D eigenvalue weighted by atomic mass is 32.1. The Balaban J connectivity index is 1.79. The van der Waals surface area contributed by atoms with Gasteiger partial charge in [0.05, 0.1) is 37.3 Å². The SMILES string of the molecule is COC(=O)c1c(C#CCNC(=O)O)sc(C(C)C2CCC3(CC2)OCCO3)c1C. The number of hydrogen-bond acceptors (Lipinski definition) is 6. The first-order valence-corrected chi connectivity index (χ1v) is 10.6. The molecule has 29 heavy (non-hydrogen) atoms. The molecule has 8 heteroatoms. The van der Waals surface area contributed by atoms with Crippen LogP contribution < -0.4 is 5.32 Å². The lowest BCUT2D eigenvalue weighted by Gasteiger charge is -2.37. The molecule has 0 radical (unpaired) electrons. The second kappa shape index (κ2) is 9.16. The first-order valence-electron chi connectivity index (χ1n) is 9.82. The number of amides is 1. The number of nitrogens with one attached hydrogen (secondary N) is 1. The topological polar surface area (TPSA) is 94.1 Å². The Morgan fingerprint density at radius 1 is 1.34 bits per heavy atom. The summed E-state index contributed by atoms with van der Waals surface area (Å²) in [5.74, 6) is 5.67. The van der Waals surface area contributed by atoms with E-state index in [1.165, 1.54) is 18.4 Å². The summed E-state index contributed by atoms with van der Waals surface area (Å²) in [6, 6.07) is 0. The van der Waals surface area contributed by atoms with Crippen molar-refractivity contribution in [2.45, 2.75) is 51.2 Å². The van der Waals surface area contributed by atoms with Crippen LogP contribution in [0, 0.1) is 24.7 Å². The van der Waals surface area contributed by atoms with Crippen molar-refractivity contribution >= 4 is 23.4 Å². The number of carbonyl (C=O) groups is 2. The first-order chi connectivity index (χ1) is 13.9. The Hall–Kier alpha value is -2.08. The van der Waals surface area contributed by atoms with Gasteiger partial charge in [-0.3, -0.25) is 0 Å². The van der Waals surface area contributed by atoms with E-state index in [-0.39, 0.29) is 18.2 Å². The second-order valence-electron chi connectivity index (χ2n) is 7.48. The van der Waals surface area contributed by atoms with Crippen LogP contribution in [-0.2, 0) is 14.2 Å². The Bertz CT molecular complexity index is 820. The minimum atomic E-state index is -1.13. The van der Waals surface area contributed by atoms with Crippen LogP contribution >= 0.6 is 11.3 Å². The fraction of sp³-hybridized carbons (Fsp3) is 0.619. The van der Waals surface area contributed by atoms with Crippen molar-refractivity contribution in [2.24, 2.45) is 5.92 Å². The number of ether oxygens (including phenoxy) is 3. The van der Waals surface area contributed by atoms with Crippen LogP contribution in [0.5, 0.6) is 0 Å². The maximum Gasteiger partial charge on any atom is 0.405 e. The Morgan fingerprint density at radius 3 is 2.59 bits per heavy atom. The van der Waals surface area contributed by atoms with Crippen molar-refractivity contribution in [2.75, 3.05) is 26.9 Å². The molecule has 2 N–H and O–H groups in total. The predicted molar refractivity (Wildman–Crippen MR) is 108 cm³/mol. The molecule has 1 saturated carbocycles. The summed E-state index contributed by atoms with van der Waals surface area (Å²) in [7, 11) is 1.36. The van der Waals surface area contributed by atoms with Gasteiger partial charge in [-0.25, -0.2) is 9.59 Å². The third-order valence-corrected chi connectivity index (χ3v) is 7.24. The fourth-order valence-electron chi connectivity index (χ4n) is 4.23. The molecule has 1 spiro atoms. The van der Waals surface area contributed by atoms with Gasteiger partial charge in [-0.2, -0.15) is 0 Å². The largest absolute Gasteiger partial charge is 0.465 e. The Labute approximate surface area is 174 Å². The van der Waals surface area contributed by atoms with Crippen LogP contribution in [0.4, 0.5) is 4.79 Å². The Kier molecular flexibility index (Phi) is 6.83. The van der Waals surface area contributed by atoms with Gasteiger partial charge in [-0.05, 0) is 37.2 Å². The average Bonchev–Trinajstić information content (AvgIpc) is 3.29. The van der Waals surface area contributed by atoms with Crippen LogP contribution in [0.1, 0.15) is 64.2 Å². The van der Waals surface area contributed by atoms with Crippen molar-refractivity contribution < 1.29 is 28.9 Å². The first kappa shape index (κ1) is 21.6. The zero-order valence-corrected chi connectivity index (χ0v) is 17.8. The third kappa shape index (κ3) is 4.74. The van der Waals surface area contributed by atoms with Gasteiger partial charge in [-0.15, -0.1) is 11.3 Å². The van der Waals surface area contributed by atoms with Crippen molar-refractivity contribution in [1.82, 2.24) is 5.32 Å². The highest BCUT2D eigenvalue weighted by Crippen LogP contribution is 2.46. The molecule has 1 aromatic heterocycles. The molecular formula is C21H27NO6S. The second-order valence-corrected chi connectivity index (χ2v) is 8.53. The van der Waals surface area contributed by atoms with E-state index >= 15 is 0 Å². The maximum atomic E-state index is 12.4. The van der Waals surface area contributed by atoms with Gasteiger partial charge in [-0.1, -0.05) is 18.8 Å². The summed E-state index contributed by atoms with van der Waals surface area (Å²) in [6.07, 6.45) is 2.67. The molecule has 0 bridgehead atoms. The van der Waals surface area contributed by atoms with Crippen molar-refractivity contribution in [3.8, 4) is 11.8 Å². The van der Waals surface area contributed by atoms with Gasteiger partial charge < -0.3 is 24.6 Å². The number of methoxy groups -OCH3 is 1. The molecule has 1 unspecified atom stereocenters. The molecule has 2 fully saturated rings. The van der Waals surface area contributed by atoms with E-state index < -0.39 is 12.1 Å². The zero-order valence-electron chi connectivity index (χ0n) is 17.0. The lowest BCUT2D eigenvalue weighted by Crippen LogP contribution is -2.36. The zero-order chi connectivity index (χ0) is 21.0. The number of esters is 1. The van der Waals surface area contributed by atoms with Crippen LogP contribution in [0.15, 0.2) is 0 Å². The molecule has 2 heterocycles. The van der Waals surface area contributed by atoms with E-state index in [4.69, 9.17) is 19.3 Å². The molecule has 1 aromatic rings. The van der Waals surface area contributed by atoms with E-state index in [1.54, 1.807) is 0 Å². The summed E-state index contributed by atoms with van der Waals surface area (Å²) in [4.78, 5) is 24.7. The summed E-state index contributed by atoms with van der Waals surface area (Å²) < 4.78 is 16.6. The van der Waals surface area contributed by atoms with Crippen LogP contribution in [0.3, 0.4) is 0 Å². The molecule has 1 aliphatic carbocycles. The van der Waals surface area contributed by atoms with Gasteiger partial charge >= 0.3 is 12.1 Å². The molecule has 1 saturated heterocycles. The highest BCUT2D eigenvalue weighted by molar-refractivity contribution is 7.13. The van der Waals surface area contributed by atoms with E-state index in [2.05, 4.69) is 24.1 Å². The minimum absolute atomic E-state index is 0.00247. The van der Waals surface area contributed by atoms with E-state index in [1.807, 2.05) is 6.92 Å². The normalized spacial score (nSPS) is 19.4. The van der Waals surface area contributed by atoms with Gasteiger partial charge in [0.25, 0.3) is 0 Å². The molecule has 2 aliphatic rings. The van der Waals surface area contributed by atoms with Gasteiger partial charge in [0.2, 0.25) is 0 Å². The molecule has 1 aliphatic heterocycles. The smallest absolute Gasteiger partial charge is 0.405 e. The van der Waals surface area contributed by atoms with Gasteiger partial charge in [0.15, 0.2) is 5.79 Å². The standard InChI is InChI=1S/C21H27NO6S/c1-13(15-6-8-21(9-7-15)27-11-12-28-21)18-14(2)17(19(23)26-3)16(29-18)5-4-10-22-20(24)25/h13,15,22H,6-12H2,1-3H3,(H,24,25).